The van der Waals surface area contributed by atoms with Gasteiger partial charge in [0.1, 0.15) is 0 Å². The Bertz CT molecular complexity index is 1630. The molecule has 6 nitrogen and oxygen atoms in total. The molecule has 1 N–H and O–H groups in total. The maximum Gasteiger partial charge on any atom is 0.216 e. The van der Waals surface area contributed by atoms with Crippen molar-refractivity contribution in [3.8, 4) is 5.88 Å². The highest BCUT2D eigenvalue weighted by molar-refractivity contribution is 7.91. The molecule has 8 heteroatoms. The lowest BCUT2D eigenvalue weighted by molar-refractivity contribution is -0.175. The normalized spacial score (nSPS) is 41.7. The fourth-order valence-electron chi connectivity index (χ4n) is 14.1. The average Bonchev–Trinajstić information content (AvgIpc) is 3.53. The molecular formula is C43H64FN3O3S. The third-order valence-electron chi connectivity index (χ3n) is 16.5. The highest BCUT2D eigenvalue weighted by atomic mass is 32.2. The monoisotopic (exact) mass is 721 g/mol. The number of ether oxygens (including phenoxy) is 1. The van der Waals surface area contributed by atoms with E-state index < -0.39 is 15.8 Å². The van der Waals surface area contributed by atoms with Gasteiger partial charge in [0, 0.05) is 37.8 Å². The number of sulfone groups is 1. The van der Waals surface area contributed by atoms with Crippen LogP contribution in [0.4, 0.5) is 4.39 Å². The van der Waals surface area contributed by atoms with Crippen molar-refractivity contribution < 1.29 is 17.5 Å². The van der Waals surface area contributed by atoms with Gasteiger partial charge >= 0.3 is 0 Å². The minimum atomic E-state index is -2.83. The second kappa shape index (κ2) is 13.5. The van der Waals surface area contributed by atoms with E-state index in [1.54, 1.807) is 23.3 Å². The van der Waals surface area contributed by atoms with Gasteiger partial charge < -0.3 is 15.0 Å². The van der Waals surface area contributed by atoms with Gasteiger partial charge in [0.2, 0.25) is 11.8 Å². The number of halogens is 1. The zero-order valence-electron chi connectivity index (χ0n) is 31.9. The van der Waals surface area contributed by atoms with E-state index in [2.05, 4.69) is 55.0 Å². The highest BCUT2D eigenvalue weighted by Crippen LogP contribution is 2.72. The zero-order chi connectivity index (χ0) is 35.6. The molecular weight excluding hydrogens is 658 g/mol. The second-order valence-corrected chi connectivity index (χ2v) is 21.4. The summed E-state index contributed by atoms with van der Waals surface area (Å²) in [6.07, 6.45) is 21.9. The van der Waals surface area contributed by atoms with Crippen molar-refractivity contribution in [3.05, 3.63) is 47.4 Å². The number of rotatable bonds is 8. The first-order valence-corrected chi connectivity index (χ1v) is 22.5. The number of fused-ring (bicyclic) bond motifs is 7. The summed E-state index contributed by atoms with van der Waals surface area (Å²) in [6, 6.07) is 4.76. The molecule has 1 aromatic heterocycles. The summed E-state index contributed by atoms with van der Waals surface area (Å²) in [6.45, 7) is 14.5. The van der Waals surface area contributed by atoms with Gasteiger partial charge in [-0.15, -0.1) is 0 Å². The summed E-state index contributed by atoms with van der Waals surface area (Å²) in [4.78, 5) is 6.24. The van der Waals surface area contributed by atoms with Crippen molar-refractivity contribution >= 4 is 9.84 Å². The second-order valence-electron chi connectivity index (χ2n) is 19.1. The van der Waals surface area contributed by atoms with Gasteiger partial charge in [-0.05, 0) is 146 Å². The standard InChI is InChI=1S/C43H64FN3O3S/c1-40(2)33(31-12-10-30(11-13-31)29-50-39-9-5-8-38(44)46-39)16-20-42(4)36(40)18-21-41(3)34-17-22-43(19-6-7-35(43)32(34)14-15-37(41)42)45-23-24-47-25-27-51(48,49)28-26-47/h5,8-9,12,16,30,32,34-37,45H,6-7,10-11,13-15,17-29H2,1-4H3/t30?,32?,34?,35-,36?,37?,41?,42?,43?/m1/s1. The Kier molecular flexibility index (Phi) is 9.60. The van der Waals surface area contributed by atoms with E-state index in [4.69, 9.17) is 4.74 Å². The van der Waals surface area contributed by atoms with E-state index in [0.717, 1.165) is 56.0 Å². The molecule has 6 aliphatic carbocycles. The first-order chi connectivity index (χ1) is 24.3. The largest absolute Gasteiger partial charge is 0.477 e. The number of pyridine rings is 1. The molecule has 1 aliphatic heterocycles. The van der Waals surface area contributed by atoms with Crippen molar-refractivity contribution in [2.24, 2.45) is 51.8 Å². The number of aromatic nitrogens is 1. The summed E-state index contributed by atoms with van der Waals surface area (Å²) >= 11 is 0. The van der Waals surface area contributed by atoms with Crippen LogP contribution in [0.5, 0.6) is 5.88 Å². The molecule has 1 saturated heterocycles. The number of allylic oxidation sites excluding steroid dienone is 4. The van der Waals surface area contributed by atoms with Crippen LogP contribution in [0.1, 0.15) is 111 Å². The van der Waals surface area contributed by atoms with Crippen molar-refractivity contribution in [2.75, 3.05) is 44.3 Å². The predicted molar refractivity (Wildman–Crippen MR) is 203 cm³/mol. The van der Waals surface area contributed by atoms with Crippen LogP contribution < -0.4 is 10.1 Å². The molecule has 0 aromatic carbocycles. The Morgan fingerprint density at radius 1 is 0.922 bits per heavy atom. The fraction of sp³-hybridized carbons (Fsp3) is 0.791. The van der Waals surface area contributed by atoms with E-state index in [0.29, 0.717) is 65.3 Å². The van der Waals surface area contributed by atoms with Gasteiger partial charge in [0.05, 0.1) is 18.1 Å². The SMILES string of the molecule is CC1(C)C(C2=CCC(COc3cccc(F)n3)CC2)=CCC2(C)C1CCC1(C)C3CCC4(NCCN5CCS(=O)(=O)CC5)CCC[C@@H]4C3CCC12. The lowest BCUT2D eigenvalue weighted by atomic mass is 9.37. The summed E-state index contributed by atoms with van der Waals surface area (Å²) in [7, 11) is -2.83. The molecule has 7 aliphatic rings. The maximum absolute atomic E-state index is 13.5. The van der Waals surface area contributed by atoms with Gasteiger partial charge in [-0.3, -0.25) is 0 Å². The van der Waals surface area contributed by atoms with Gasteiger partial charge in [-0.25, -0.2) is 8.42 Å². The van der Waals surface area contributed by atoms with Crippen LogP contribution in [0.3, 0.4) is 0 Å². The molecule has 282 valence electrons. The Morgan fingerprint density at radius 3 is 2.51 bits per heavy atom. The summed E-state index contributed by atoms with van der Waals surface area (Å²) < 4.78 is 43.3. The zero-order valence-corrected chi connectivity index (χ0v) is 32.7. The average molecular weight is 722 g/mol. The van der Waals surface area contributed by atoms with Crippen molar-refractivity contribution in [2.45, 2.75) is 117 Å². The first kappa shape index (κ1) is 36.2. The molecule has 0 amide bonds. The van der Waals surface area contributed by atoms with Crippen molar-refractivity contribution in [1.29, 1.82) is 0 Å². The molecule has 51 heavy (non-hydrogen) atoms. The van der Waals surface area contributed by atoms with Crippen LogP contribution in [0.2, 0.25) is 0 Å². The highest BCUT2D eigenvalue weighted by Gasteiger charge is 2.65. The Balaban J connectivity index is 0.928. The minimum Gasteiger partial charge on any atom is -0.477 e. The van der Waals surface area contributed by atoms with Crippen LogP contribution in [-0.2, 0) is 9.84 Å². The molecule has 0 radical (unpaired) electrons. The Morgan fingerprint density at radius 2 is 1.75 bits per heavy atom. The fourth-order valence-corrected chi connectivity index (χ4v) is 15.3. The molecule has 8 unspecified atom stereocenters. The topological polar surface area (TPSA) is 71.5 Å². The molecule has 2 heterocycles. The van der Waals surface area contributed by atoms with Gasteiger partial charge in [-0.2, -0.15) is 9.37 Å². The molecule has 0 bridgehead atoms. The quantitative estimate of drug-likeness (QED) is 0.272. The molecule has 8 rings (SSSR count). The Labute approximate surface area is 307 Å². The lowest BCUT2D eigenvalue weighted by Gasteiger charge is -2.68. The van der Waals surface area contributed by atoms with Gasteiger partial charge in [-0.1, -0.05) is 52.3 Å². The number of hydrogen-bond donors (Lipinski definition) is 1. The predicted octanol–water partition coefficient (Wildman–Crippen LogP) is 8.40. The molecule has 1 aromatic rings. The number of hydrogen-bond acceptors (Lipinski definition) is 6. The minimum absolute atomic E-state index is 0.168. The van der Waals surface area contributed by atoms with E-state index in [1.165, 1.54) is 70.3 Å². The van der Waals surface area contributed by atoms with Crippen molar-refractivity contribution in [1.82, 2.24) is 15.2 Å². The van der Waals surface area contributed by atoms with E-state index in [9.17, 15) is 12.8 Å². The van der Waals surface area contributed by atoms with Crippen LogP contribution in [0, 0.1) is 57.7 Å². The van der Waals surface area contributed by atoms with Crippen LogP contribution >= 0.6 is 0 Å². The van der Waals surface area contributed by atoms with Crippen molar-refractivity contribution in [3.63, 3.8) is 0 Å². The number of nitrogens with zero attached hydrogens (tertiary/aromatic N) is 2. The Hall–Kier alpha value is -1.77. The van der Waals surface area contributed by atoms with E-state index in [1.807, 2.05) is 0 Å². The summed E-state index contributed by atoms with van der Waals surface area (Å²) in [5.41, 5.74) is 4.44. The summed E-state index contributed by atoms with van der Waals surface area (Å²) in [5.74, 6) is 4.98. The third-order valence-corrected chi connectivity index (χ3v) is 18.1. The smallest absolute Gasteiger partial charge is 0.216 e. The maximum atomic E-state index is 13.5. The molecule has 0 spiro atoms. The lowest BCUT2D eigenvalue weighted by Crippen LogP contribution is -2.64. The molecule has 4 saturated carbocycles. The van der Waals surface area contributed by atoms with E-state index in [-0.39, 0.29) is 5.41 Å². The molecule has 9 atom stereocenters. The van der Waals surface area contributed by atoms with Crippen LogP contribution in [0.25, 0.3) is 0 Å². The van der Waals surface area contributed by atoms with Crippen LogP contribution in [0.15, 0.2) is 41.5 Å². The van der Waals surface area contributed by atoms with E-state index >= 15 is 0 Å². The molecule has 5 fully saturated rings. The number of nitrogens with one attached hydrogen (secondary N) is 1. The van der Waals surface area contributed by atoms with Gasteiger partial charge in [0.15, 0.2) is 9.84 Å². The first-order valence-electron chi connectivity index (χ1n) is 20.7. The summed E-state index contributed by atoms with van der Waals surface area (Å²) in [5, 5.41) is 4.17. The van der Waals surface area contributed by atoms with Crippen LogP contribution in [-0.4, -0.2) is 68.1 Å². The van der Waals surface area contributed by atoms with Gasteiger partial charge in [0.25, 0.3) is 0 Å². The third kappa shape index (κ3) is 6.47.